The molecule has 6 heteroatoms. The molecule has 0 unspecified atom stereocenters. The van der Waals surface area contributed by atoms with Crippen molar-refractivity contribution in [3.8, 4) is 45.5 Å². The van der Waals surface area contributed by atoms with Crippen molar-refractivity contribution < 1.29 is 4.42 Å². The molecule has 6 nitrogen and oxygen atoms in total. The fourth-order valence-corrected chi connectivity index (χ4v) is 8.62. The van der Waals surface area contributed by atoms with E-state index in [1.165, 1.54) is 10.8 Å². The summed E-state index contributed by atoms with van der Waals surface area (Å²) in [4.78, 5) is 15.7. The van der Waals surface area contributed by atoms with Gasteiger partial charge in [-0.25, -0.2) is 4.98 Å². The zero-order chi connectivity index (χ0) is 37.5. The monoisotopic (exact) mass is 729 g/mol. The van der Waals surface area contributed by atoms with Crippen molar-refractivity contribution in [2.45, 2.75) is 0 Å². The summed E-state index contributed by atoms with van der Waals surface area (Å²) in [5.41, 5.74) is 11.1. The van der Waals surface area contributed by atoms with Gasteiger partial charge in [-0.05, 0) is 65.7 Å². The van der Waals surface area contributed by atoms with Gasteiger partial charge in [0.25, 0.3) is 0 Å². The maximum absolute atomic E-state index is 6.56. The Morgan fingerprint density at radius 1 is 0.333 bits per heavy atom. The molecule has 8 aromatic carbocycles. The maximum Gasteiger partial charge on any atom is 0.238 e. The summed E-state index contributed by atoms with van der Waals surface area (Å²) < 4.78 is 11.1. The molecule has 0 saturated heterocycles. The van der Waals surface area contributed by atoms with E-state index in [1.54, 1.807) is 0 Å². The van der Waals surface area contributed by atoms with Crippen LogP contribution in [-0.4, -0.2) is 24.1 Å². The molecule has 57 heavy (non-hydrogen) atoms. The molecule has 0 N–H and O–H groups in total. The van der Waals surface area contributed by atoms with Crippen LogP contribution in [0, 0.1) is 0 Å². The van der Waals surface area contributed by atoms with Gasteiger partial charge in [0.2, 0.25) is 5.95 Å². The number of hydrogen-bond donors (Lipinski definition) is 0. The number of para-hydroxylation sites is 4. The highest BCUT2D eigenvalue weighted by Crippen LogP contribution is 2.40. The van der Waals surface area contributed by atoms with E-state index in [1.807, 2.05) is 18.2 Å². The zero-order valence-electron chi connectivity index (χ0n) is 30.5. The van der Waals surface area contributed by atoms with Crippen molar-refractivity contribution in [2.24, 2.45) is 0 Å². The van der Waals surface area contributed by atoms with Crippen LogP contribution in [-0.2, 0) is 0 Å². The Morgan fingerprint density at radius 3 is 1.44 bits per heavy atom. The van der Waals surface area contributed by atoms with Gasteiger partial charge in [-0.1, -0.05) is 133 Å². The SMILES string of the molecule is c1ccc(-c2ccc(-c3nc(-c4ccc5oc6cccc(-n7c8ccccc8c8ccccc87)c6c5c4)nc(-n4c5ccccc5c5ccccc54)n3)cc2)cc1. The van der Waals surface area contributed by atoms with Crippen LogP contribution < -0.4 is 0 Å². The highest BCUT2D eigenvalue weighted by Gasteiger charge is 2.21. The van der Waals surface area contributed by atoms with Gasteiger partial charge in [0.15, 0.2) is 11.6 Å². The molecule has 0 amide bonds. The summed E-state index contributed by atoms with van der Waals surface area (Å²) in [7, 11) is 0. The van der Waals surface area contributed by atoms with Crippen molar-refractivity contribution in [3.05, 3.63) is 188 Å². The van der Waals surface area contributed by atoms with Crippen LogP contribution in [0.3, 0.4) is 0 Å². The molecule has 0 aliphatic heterocycles. The van der Waals surface area contributed by atoms with E-state index in [0.717, 1.165) is 82.7 Å². The van der Waals surface area contributed by atoms with E-state index >= 15 is 0 Å². The molecule has 266 valence electrons. The summed E-state index contributed by atoms with van der Waals surface area (Å²) in [6.07, 6.45) is 0. The average Bonchev–Trinajstić information content (AvgIpc) is 3.94. The molecule has 12 aromatic rings. The van der Waals surface area contributed by atoms with Gasteiger partial charge < -0.3 is 8.98 Å². The molecule has 0 atom stereocenters. The topological polar surface area (TPSA) is 61.7 Å². The van der Waals surface area contributed by atoms with Crippen LogP contribution in [0.2, 0.25) is 0 Å². The summed E-state index contributed by atoms with van der Waals surface area (Å²) >= 11 is 0. The van der Waals surface area contributed by atoms with E-state index < -0.39 is 0 Å². The Hall–Kier alpha value is -7.83. The minimum absolute atomic E-state index is 0.558. The van der Waals surface area contributed by atoms with Gasteiger partial charge in [0, 0.05) is 38.1 Å². The Labute approximate surface area is 326 Å². The smallest absolute Gasteiger partial charge is 0.238 e. The van der Waals surface area contributed by atoms with Crippen LogP contribution in [0.1, 0.15) is 0 Å². The Bertz CT molecular complexity index is 3410. The molecule has 0 radical (unpaired) electrons. The maximum atomic E-state index is 6.56. The second kappa shape index (κ2) is 12.3. The van der Waals surface area contributed by atoms with E-state index in [-0.39, 0.29) is 0 Å². The molecule has 4 aromatic heterocycles. The third-order valence-corrected chi connectivity index (χ3v) is 11.2. The summed E-state index contributed by atoms with van der Waals surface area (Å²) in [5.74, 6) is 1.73. The lowest BCUT2D eigenvalue weighted by Gasteiger charge is -2.12. The van der Waals surface area contributed by atoms with E-state index in [0.29, 0.717) is 17.6 Å². The molecule has 0 spiro atoms. The van der Waals surface area contributed by atoms with E-state index in [4.69, 9.17) is 19.4 Å². The van der Waals surface area contributed by atoms with Crippen LogP contribution in [0.4, 0.5) is 0 Å². The standard InChI is InChI=1S/C51H31N5O/c1-2-13-32(14-3-1)33-25-27-34(28-26-33)49-52-50(54-51(53-49)56-43-21-10-6-17-38(43)39-18-7-11-22-44(39)56)35-29-30-46-40(31-35)48-45(23-12-24-47(48)57-46)55-41-19-8-4-15-36(41)37-16-5-9-20-42(37)55/h1-31H. The van der Waals surface area contributed by atoms with Gasteiger partial charge in [0.05, 0.1) is 33.1 Å². The van der Waals surface area contributed by atoms with Gasteiger partial charge in [0.1, 0.15) is 11.2 Å². The third kappa shape index (κ3) is 4.87. The number of fused-ring (bicyclic) bond motifs is 9. The predicted octanol–water partition coefficient (Wildman–Crippen LogP) is 13.0. The van der Waals surface area contributed by atoms with Crippen molar-refractivity contribution in [3.63, 3.8) is 0 Å². The van der Waals surface area contributed by atoms with E-state index in [9.17, 15) is 0 Å². The third-order valence-electron chi connectivity index (χ3n) is 11.2. The molecule has 0 aliphatic rings. The highest BCUT2D eigenvalue weighted by atomic mass is 16.3. The fourth-order valence-electron chi connectivity index (χ4n) is 8.62. The quantitative estimate of drug-likeness (QED) is 0.177. The Balaban J connectivity index is 1.09. The number of hydrogen-bond acceptors (Lipinski definition) is 4. The molecule has 0 bridgehead atoms. The normalized spacial score (nSPS) is 11.9. The van der Waals surface area contributed by atoms with Crippen LogP contribution in [0.15, 0.2) is 192 Å². The highest BCUT2D eigenvalue weighted by molar-refractivity contribution is 6.15. The van der Waals surface area contributed by atoms with Crippen LogP contribution in [0.25, 0.3) is 111 Å². The van der Waals surface area contributed by atoms with Crippen molar-refractivity contribution >= 4 is 65.6 Å². The summed E-state index contributed by atoms with van der Waals surface area (Å²) in [5, 5.41) is 6.75. The molecular weight excluding hydrogens is 699 g/mol. The largest absolute Gasteiger partial charge is 0.456 e. The first-order chi connectivity index (χ1) is 28.3. The predicted molar refractivity (Wildman–Crippen MR) is 232 cm³/mol. The van der Waals surface area contributed by atoms with Crippen molar-refractivity contribution in [1.29, 1.82) is 0 Å². The zero-order valence-corrected chi connectivity index (χ0v) is 30.5. The first-order valence-electron chi connectivity index (χ1n) is 19.1. The van der Waals surface area contributed by atoms with Crippen molar-refractivity contribution in [1.82, 2.24) is 24.1 Å². The lowest BCUT2D eigenvalue weighted by atomic mass is 10.0. The van der Waals surface area contributed by atoms with Crippen LogP contribution in [0.5, 0.6) is 0 Å². The number of aromatic nitrogens is 5. The number of furan rings is 1. The van der Waals surface area contributed by atoms with Gasteiger partial charge in [-0.2, -0.15) is 9.97 Å². The number of nitrogens with zero attached hydrogens (tertiary/aromatic N) is 5. The first kappa shape index (κ1) is 31.5. The molecule has 4 heterocycles. The van der Waals surface area contributed by atoms with Gasteiger partial charge >= 0.3 is 0 Å². The lowest BCUT2D eigenvalue weighted by molar-refractivity contribution is 0.669. The first-order valence-corrected chi connectivity index (χ1v) is 19.1. The summed E-state index contributed by atoms with van der Waals surface area (Å²) in [6, 6.07) is 65.5. The minimum Gasteiger partial charge on any atom is -0.456 e. The van der Waals surface area contributed by atoms with Crippen LogP contribution >= 0.6 is 0 Å². The second-order valence-electron chi connectivity index (χ2n) is 14.4. The molecular formula is C51H31N5O. The molecule has 0 aliphatic carbocycles. The van der Waals surface area contributed by atoms with Crippen molar-refractivity contribution in [2.75, 3.05) is 0 Å². The molecule has 0 saturated carbocycles. The number of benzene rings is 8. The Morgan fingerprint density at radius 2 is 0.825 bits per heavy atom. The summed E-state index contributed by atoms with van der Waals surface area (Å²) in [6.45, 7) is 0. The average molecular weight is 730 g/mol. The molecule has 12 rings (SSSR count). The fraction of sp³-hybridized carbons (Fsp3) is 0. The van der Waals surface area contributed by atoms with Gasteiger partial charge in [-0.3, -0.25) is 4.57 Å². The number of rotatable bonds is 5. The Kier molecular flexibility index (Phi) is 6.83. The van der Waals surface area contributed by atoms with E-state index in [2.05, 4.69) is 179 Å². The van der Waals surface area contributed by atoms with Gasteiger partial charge in [-0.15, -0.1) is 0 Å². The molecule has 0 fully saturated rings. The minimum atomic E-state index is 0.558. The lowest BCUT2D eigenvalue weighted by Crippen LogP contribution is -2.06. The second-order valence-corrected chi connectivity index (χ2v) is 14.4.